The van der Waals surface area contributed by atoms with Gasteiger partial charge in [-0.15, -0.1) is 0 Å². The summed E-state index contributed by atoms with van der Waals surface area (Å²) in [5, 5.41) is 3.01. The van der Waals surface area contributed by atoms with Gasteiger partial charge in [0, 0.05) is 41.6 Å². The molecule has 0 aliphatic carbocycles. The largest absolute Gasteiger partial charge is 0.405 e. The molecule has 43 heavy (non-hydrogen) atoms. The molecular formula is C31H34F3N5O3Si. The maximum absolute atomic E-state index is 14.3. The number of carbonyl (C=O) groups is 1. The average Bonchev–Trinajstić information content (AvgIpc) is 3.38. The molecule has 0 spiro atoms. The Hall–Kier alpha value is -3.61. The third kappa shape index (κ3) is 4.41. The predicted molar refractivity (Wildman–Crippen MR) is 157 cm³/mol. The van der Waals surface area contributed by atoms with Crippen molar-refractivity contribution in [3.05, 3.63) is 89.0 Å². The van der Waals surface area contributed by atoms with E-state index in [1.54, 1.807) is 41.2 Å². The van der Waals surface area contributed by atoms with Crippen LogP contribution in [0.3, 0.4) is 0 Å². The van der Waals surface area contributed by atoms with Crippen LogP contribution in [0.4, 0.5) is 13.2 Å². The quantitative estimate of drug-likeness (QED) is 0.249. The number of imidazole rings is 1. The molecule has 0 radical (unpaired) electrons. The van der Waals surface area contributed by atoms with Crippen molar-refractivity contribution < 1.29 is 27.1 Å². The van der Waals surface area contributed by atoms with Gasteiger partial charge in [0.25, 0.3) is 5.91 Å². The molecule has 6 rings (SSSR count). The number of nitrogens with one attached hydrogen (secondary N) is 1. The summed E-state index contributed by atoms with van der Waals surface area (Å²) in [6.07, 6.45) is 2.98. The first-order valence-corrected chi connectivity index (χ1v) is 17.0. The van der Waals surface area contributed by atoms with Crippen molar-refractivity contribution in [1.29, 1.82) is 0 Å². The smallest absolute Gasteiger partial charge is 0.347 e. The van der Waals surface area contributed by atoms with Crippen molar-refractivity contribution in [1.82, 2.24) is 24.8 Å². The highest BCUT2D eigenvalue weighted by atomic mass is 28.4. The zero-order valence-corrected chi connectivity index (χ0v) is 26.1. The Labute approximate surface area is 248 Å². The lowest BCUT2D eigenvalue weighted by atomic mass is 9.85. The summed E-state index contributed by atoms with van der Waals surface area (Å²) >= 11 is 0. The first-order valence-electron chi connectivity index (χ1n) is 14.1. The highest BCUT2D eigenvalue weighted by Crippen LogP contribution is 2.55. The number of benzene rings is 2. The van der Waals surface area contributed by atoms with Gasteiger partial charge in [0.1, 0.15) is 22.8 Å². The molecule has 4 aromatic rings. The van der Waals surface area contributed by atoms with Gasteiger partial charge in [-0.1, -0.05) is 39.0 Å². The maximum Gasteiger partial charge on any atom is 0.347 e. The summed E-state index contributed by atoms with van der Waals surface area (Å²) in [6.45, 7) is 11.4. The number of amides is 1. The van der Waals surface area contributed by atoms with Crippen LogP contribution in [0, 0.1) is 5.82 Å². The van der Waals surface area contributed by atoms with Gasteiger partial charge in [0.15, 0.2) is 19.9 Å². The first-order chi connectivity index (χ1) is 20.0. The van der Waals surface area contributed by atoms with Gasteiger partial charge < -0.3 is 9.74 Å². The van der Waals surface area contributed by atoms with Crippen molar-refractivity contribution >= 4 is 25.3 Å². The van der Waals surface area contributed by atoms with Crippen LogP contribution >= 0.6 is 0 Å². The van der Waals surface area contributed by atoms with Crippen LogP contribution < -0.4 is 5.32 Å². The molecule has 2 unspecified atom stereocenters. The van der Waals surface area contributed by atoms with Crippen LogP contribution in [0.25, 0.3) is 11.0 Å². The molecule has 4 heterocycles. The van der Waals surface area contributed by atoms with Crippen molar-refractivity contribution in [3.8, 4) is 0 Å². The fourth-order valence-corrected chi connectivity index (χ4v) is 7.80. The zero-order valence-electron chi connectivity index (χ0n) is 25.1. The number of aromatic nitrogens is 4. The van der Waals surface area contributed by atoms with Crippen LogP contribution in [-0.4, -0.2) is 40.4 Å². The number of hydrogen-bond acceptors (Lipinski definition) is 6. The minimum atomic E-state index is -3.20. The summed E-state index contributed by atoms with van der Waals surface area (Å²) in [4.78, 5) is 27.8. The molecule has 2 aliphatic rings. The van der Waals surface area contributed by atoms with Gasteiger partial charge in [0.05, 0.1) is 11.0 Å². The molecule has 226 valence electrons. The number of halogens is 3. The average molecular weight is 610 g/mol. The van der Waals surface area contributed by atoms with E-state index in [9.17, 15) is 18.0 Å². The number of ether oxygens (including phenoxy) is 1. The second-order valence-electron chi connectivity index (χ2n) is 13.3. The Balaban J connectivity index is 1.56. The van der Waals surface area contributed by atoms with Gasteiger partial charge in [-0.05, 0) is 50.2 Å². The van der Waals surface area contributed by atoms with E-state index in [1.807, 2.05) is 13.8 Å². The van der Waals surface area contributed by atoms with Crippen LogP contribution in [0.5, 0.6) is 0 Å². The summed E-state index contributed by atoms with van der Waals surface area (Å²) in [7, 11) is -2.20. The second-order valence-corrected chi connectivity index (χ2v) is 18.0. The molecule has 1 N–H and O–H groups in total. The molecule has 8 nitrogen and oxygen atoms in total. The van der Waals surface area contributed by atoms with Crippen LogP contribution in [0.1, 0.15) is 74.2 Å². The molecule has 2 aromatic heterocycles. The van der Waals surface area contributed by atoms with E-state index in [0.717, 1.165) is 0 Å². The topological polar surface area (TPSA) is 91.2 Å². The van der Waals surface area contributed by atoms with E-state index in [0.29, 0.717) is 16.9 Å². The van der Waals surface area contributed by atoms with Gasteiger partial charge in [-0.2, -0.15) is 8.78 Å². The monoisotopic (exact) mass is 609 g/mol. The van der Waals surface area contributed by atoms with Gasteiger partial charge in [-0.3, -0.25) is 14.1 Å². The standard InChI is InChI=1S/C31H34F3N5O3Si/c1-28(2,3)43(6,7)42-29(4,5)25-35-15-18(16-36-25)30-17-31(41-27(33)34,21-11-9-8-10-20(21)24(40)38-30)39-23-13-12-19(32)14-22(23)37-26(30)39/h8-16,27H,17H2,1-7H3,(H,38,40). The maximum atomic E-state index is 14.3. The lowest BCUT2D eigenvalue weighted by Gasteiger charge is -2.42. The van der Waals surface area contributed by atoms with Crippen LogP contribution in [-0.2, 0) is 26.0 Å². The number of hydrogen-bond donors (Lipinski definition) is 1. The summed E-state index contributed by atoms with van der Waals surface area (Å²) in [6, 6.07) is 10.4. The molecule has 1 amide bonds. The Morgan fingerprint density at radius 3 is 2.37 bits per heavy atom. The Bertz CT molecular complexity index is 1750. The molecule has 2 aliphatic heterocycles. The fourth-order valence-electron chi connectivity index (χ4n) is 6.13. The fraction of sp³-hybridized carbons (Fsp3) is 0.419. The van der Waals surface area contributed by atoms with Crippen LogP contribution in [0.15, 0.2) is 54.9 Å². The van der Waals surface area contributed by atoms with Gasteiger partial charge >= 0.3 is 6.61 Å². The number of carbonyl (C=O) groups excluding carboxylic acids is 1. The number of fused-ring (bicyclic) bond motifs is 9. The third-order valence-corrected chi connectivity index (χ3v) is 13.7. The molecule has 0 saturated heterocycles. The van der Waals surface area contributed by atoms with Crippen molar-refractivity contribution in [2.75, 3.05) is 0 Å². The van der Waals surface area contributed by atoms with E-state index < -0.39 is 43.5 Å². The van der Waals surface area contributed by atoms with Crippen molar-refractivity contribution in [2.45, 2.75) is 82.6 Å². The number of alkyl halides is 2. The van der Waals surface area contributed by atoms with E-state index in [-0.39, 0.29) is 33.9 Å². The SMILES string of the molecule is CC(C)(O[Si](C)(C)C(C)(C)C)c1ncc(C23CC(OC(F)F)(c4ccccc4C(=O)N2)n2c3nc3cc(F)ccc32)cn1. The molecule has 2 atom stereocenters. The van der Waals surface area contributed by atoms with Crippen molar-refractivity contribution in [3.63, 3.8) is 0 Å². The number of rotatable bonds is 6. The molecule has 2 bridgehead atoms. The van der Waals surface area contributed by atoms with Crippen LogP contribution in [0.2, 0.25) is 18.1 Å². The molecule has 12 heteroatoms. The summed E-state index contributed by atoms with van der Waals surface area (Å²) < 4.78 is 56.7. The van der Waals surface area contributed by atoms with Crippen molar-refractivity contribution in [2.24, 2.45) is 0 Å². The third-order valence-electron chi connectivity index (χ3n) is 9.07. The normalized spacial score (nSPS) is 22.0. The highest BCUT2D eigenvalue weighted by molar-refractivity contribution is 6.74. The predicted octanol–water partition coefficient (Wildman–Crippen LogP) is 6.55. The number of nitrogens with zero attached hydrogens (tertiary/aromatic N) is 4. The van der Waals surface area contributed by atoms with E-state index in [2.05, 4.69) is 49.1 Å². The molecular weight excluding hydrogens is 575 g/mol. The molecule has 0 saturated carbocycles. The molecule has 0 fully saturated rings. The van der Waals surface area contributed by atoms with Gasteiger partial charge in [-0.25, -0.2) is 19.3 Å². The Kier molecular flexibility index (Phi) is 6.47. The second kappa shape index (κ2) is 9.44. The summed E-state index contributed by atoms with van der Waals surface area (Å²) in [5.41, 5.74) is -2.71. The Morgan fingerprint density at radius 2 is 1.72 bits per heavy atom. The van der Waals surface area contributed by atoms with Gasteiger partial charge in [0.2, 0.25) is 0 Å². The lowest BCUT2D eigenvalue weighted by molar-refractivity contribution is -0.223. The van der Waals surface area contributed by atoms with E-state index >= 15 is 0 Å². The van der Waals surface area contributed by atoms with E-state index in [4.69, 9.17) is 14.1 Å². The molecule has 2 aromatic carbocycles. The zero-order chi connectivity index (χ0) is 31.2. The minimum Gasteiger partial charge on any atom is -0.405 e. The van der Waals surface area contributed by atoms with E-state index in [1.165, 1.54) is 18.2 Å². The summed E-state index contributed by atoms with van der Waals surface area (Å²) in [5.74, 6) is -0.384. The minimum absolute atomic E-state index is 0.0424. The highest BCUT2D eigenvalue weighted by Gasteiger charge is 2.62. The first kappa shape index (κ1) is 29.5. The lowest BCUT2D eigenvalue weighted by Crippen LogP contribution is -2.47. The Morgan fingerprint density at radius 1 is 1.05 bits per heavy atom.